The molecule has 2 aromatic rings. The molecule has 0 saturated heterocycles. The zero-order valence-corrected chi connectivity index (χ0v) is 10.1. The summed E-state index contributed by atoms with van der Waals surface area (Å²) in [7, 11) is 1.94. The van der Waals surface area contributed by atoms with Gasteiger partial charge in [-0.25, -0.2) is 0 Å². The molecule has 0 amide bonds. The number of hydrogen-bond donors (Lipinski definition) is 1. The van der Waals surface area contributed by atoms with Gasteiger partial charge in [0, 0.05) is 24.9 Å². The van der Waals surface area contributed by atoms with Gasteiger partial charge >= 0.3 is 0 Å². The number of unbranched alkanes of at least 4 members (excludes halogenated alkanes) is 1. The van der Waals surface area contributed by atoms with E-state index in [1.54, 1.807) is 0 Å². The summed E-state index contributed by atoms with van der Waals surface area (Å²) in [6.07, 6.45) is 7.84. The van der Waals surface area contributed by atoms with E-state index >= 15 is 0 Å². The number of terminal acetylenes is 1. The topological polar surface area (TPSA) is 43.8 Å². The molecule has 0 aliphatic carbocycles. The van der Waals surface area contributed by atoms with Crippen molar-refractivity contribution in [3.05, 3.63) is 30.0 Å². The minimum Gasteiger partial charge on any atom is -0.323 e. The fourth-order valence-corrected chi connectivity index (χ4v) is 2.08. The third-order valence-electron chi connectivity index (χ3n) is 2.97. The molecule has 0 spiro atoms. The van der Waals surface area contributed by atoms with Crippen LogP contribution in [0.25, 0.3) is 10.9 Å². The average molecular weight is 227 g/mol. The highest BCUT2D eigenvalue weighted by Gasteiger charge is 2.14. The largest absolute Gasteiger partial charge is 0.323 e. The van der Waals surface area contributed by atoms with Gasteiger partial charge in [-0.3, -0.25) is 4.68 Å². The summed E-state index contributed by atoms with van der Waals surface area (Å²) in [4.78, 5) is 0. The van der Waals surface area contributed by atoms with Gasteiger partial charge in [0.2, 0.25) is 0 Å². The van der Waals surface area contributed by atoms with Gasteiger partial charge in [0.25, 0.3) is 0 Å². The van der Waals surface area contributed by atoms with Gasteiger partial charge in [0.15, 0.2) is 0 Å². The Labute approximate surface area is 102 Å². The summed E-state index contributed by atoms with van der Waals surface area (Å²) in [6, 6.07) is 8.12. The van der Waals surface area contributed by atoms with Crippen molar-refractivity contribution < 1.29 is 0 Å². The van der Waals surface area contributed by atoms with Gasteiger partial charge in [0.1, 0.15) is 0 Å². The van der Waals surface area contributed by atoms with E-state index in [1.807, 2.05) is 23.9 Å². The third kappa shape index (κ3) is 2.32. The Hall–Kier alpha value is -1.79. The van der Waals surface area contributed by atoms with Crippen molar-refractivity contribution in [2.45, 2.75) is 25.3 Å². The predicted molar refractivity (Wildman–Crippen MR) is 70.3 cm³/mol. The van der Waals surface area contributed by atoms with Crippen molar-refractivity contribution in [2.24, 2.45) is 12.8 Å². The molecule has 17 heavy (non-hydrogen) atoms. The Kier molecular flexibility index (Phi) is 3.46. The second kappa shape index (κ2) is 5.03. The Balaban J connectivity index is 2.26. The summed E-state index contributed by atoms with van der Waals surface area (Å²) in [5.74, 6) is 2.64. The molecule has 0 radical (unpaired) electrons. The van der Waals surface area contributed by atoms with E-state index in [4.69, 9.17) is 12.2 Å². The van der Waals surface area contributed by atoms with Crippen LogP contribution in [0.3, 0.4) is 0 Å². The fourth-order valence-electron chi connectivity index (χ4n) is 2.08. The third-order valence-corrected chi connectivity index (χ3v) is 2.97. The van der Waals surface area contributed by atoms with Crippen LogP contribution in [0.4, 0.5) is 0 Å². The minimum absolute atomic E-state index is 0.0329. The number of hydrogen-bond acceptors (Lipinski definition) is 2. The molecule has 1 aromatic heterocycles. The molecule has 0 bridgehead atoms. The molecule has 0 aliphatic rings. The van der Waals surface area contributed by atoms with Crippen LogP contribution in [0, 0.1) is 12.3 Å². The van der Waals surface area contributed by atoms with Crippen LogP contribution in [0.15, 0.2) is 24.3 Å². The van der Waals surface area contributed by atoms with E-state index in [1.165, 1.54) is 0 Å². The molecule has 1 aromatic carbocycles. The smallest absolute Gasteiger partial charge is 0.0870 e. The molecule has 3 heteroatoms. The van der Waals surface area contributed by atoms with Gasteiger partial charge in [0.05, 0.1) is 11.2 Å². The summed E-state index contributed by atoms with van der Waals surface area (Å²) < 4.78 is 1.88. The number of fused-ring (bicyclic) bond motifs is 1. The van der Waals surface area contributed by atoms with E-state index < -0.39 is 0 Å². The van der Waals surface area contributed by atoms with E-state index in [0.717, 1.165) is 35.9 Å². The Bertz CT molecular complexity index is 548. The zero-order valence-electron chi connectivity index (χ0n) is 10.1. The van der Waals surface area contributed by atoms with Gasteiger partial charge in [-0.2, -0.15) is 5.10 Å². The highest BCUT2D eigenvalue weighted by molar-refractivity contribution is 5.82. The lowest BCUT2D eigenvalue weighted by atomic mass is 10.0. The second-order valence-corrected chi connectivity index (χ2v) is 4.23. The molecule has 1 unspecified atom stereocenters. The molecule has 0 fully saturated rings. The predicted octanol–water partition coefficient (Wildman–Crippen LogP) is 2.38. The maximum absolute atomic E-state index is 6.17. The Morgan fingerprint density at radius 1 is 1.47 bits per heavy atom. The van der Waals surface area contributed by atoms with Crippen LogP contribution < -0.4 is 5.73 Å². The van der Waals surface area contributed by atoms with E-state index in [2.05, 4.69) is 23.2 Å². The first-order chi connectivity index (χ1) is 8.24. The number of rotatable bonds is 4. The average Bonchev–Trinajstić information content (AvgIpc) is 2.68. The molecular weight excluding hydrogens is 210 g/mol. The molecule has 0 aliphatic heterocycles. The van der Waals surface area contributed by atoms with Crippen molar-refractivity contribution in [3.63, 3.8) is 0 Å². The summed E-state index contributed by atoms with van der Waals surface area (Å²) in [5, 5.41) is 5.65. The van der Waals surface area contributed by atoms with Gasteiger partial charge in [-0.05, 0) is 18.9 Å². The highest BCUT2D eigenvalue weighted by Crippen LogP contribution is 2.24. The first-order valence-corrected chi connectivity index (χ1v) is 5.84. The van der Waals surface area contributed by atoms with Crippen LogP contribution in [0.1, 0.15) is 31.0 Å². The van der Waals surface area contributed by atoms with Crippen molar-refractivity contribution in [1.29, 1.82) is 0 Å². The van der Waals surface area contributed by atoms with E-state index in [9.17, 15) is 0 Å². The molecule has 2 N–H and O–H groups in total. The van der Waals surface area contributed by atoms with Gasteiger partial charge in [-0.1, -0.05) is 18.2 Å². The first kappa shape index (κ1) is 11.7. The summed E-state index contributed by atoms with van der Waals surface area (Å²) >= 11 is 0. The second-order valence-electron chi connectivity index (χ2n) is 4.23. The Morgan fingerprint density at radius 3 is 3.00 bits per heavy atom. The number of nitrogens with zero attached hydrogens (tertiary/aromatic N) is 2. The van der Waals surface area contributed by atoms with Crippen molar-refractivity contribution >= 4 is 10.9 Å². The molecule has 0 saturated carbocycles. The number of aromatic nitrogens is 2. The Morgan fingerprint density at radius 2 is 2.24 bits per heavy atom. The van der Waals surface area contributed by atoms with E-state index in [-0.39, 0.29) is 6.04 Å². The lowest BCUT2D eigenvalue weighted by Crippen LogP contribution is -2.11. The fraction of sp³-hybridized carbons (Fsp3) is 0.357. The van der Waals surface area contributed by atoms with Gasteiger partial charge in [-0.15, -0.1) is 12.3 Å². The number of nitrogens with two attached hydrogens (primary N) is 1. The van der Waals surface area contributed by atoms with E-state index in [0.29, 0.717) is 0 Å². The van der Waals surface area contributed by atoms with Crippen LogP contribution in [-0.4, -0.2) is 9.78 Å². The highest BCUT2D eigenvalue weighted by atomic mass is 15.3. The molecule has 1 heterocycles. The lowest BCUT2D eigenvalue weighted by Gasteiger charge is -2.07. The number of benzene rings is 1. The zero-order chi connectivity index (χ0) is 12.3. The van der Waals surface area contributed by atoms with Crippen molar-refractivity contribution in [3.8, 4) is 12.3 Å². The van der Waals surface area contributed by atoms with Crippen molar-refractivity contribution in [1.82, 2.24) is 9.78 Å². The number of para-hydroxylation sites is 1. The van der Waals surface area contributed by atoms with Crippen LogP contribution in [-0.2, 0) is 7.05 Å². The first-order valence-electron chi connectivity index (χ1n) is 5.84. The van der Waals surface area contributed by atoms with Crippen LogP contribution in [0.2, 0.25) is 0 Å². The SMILES string of the molecule is C#CCCCC(N)c1nn(C)c2ccccc12. The summed E-state index contributed by atoms with van der Waals surface area (Å²) in [6.45, 7) is 0. The van der Waals surface area contributed by atoms with Gasteiger partial charge < -0.3 is 5.73 Å². The molecule has 1 atom stereocenters. The van der Waals surface area contributed by atoms with Crippen LogP contribution >= 0.6 is 0 Å². The quantitative estimate of drug-likeness (QED) is 0.643. The molecule has 88 valence electrons. The standard InChI is InChI=1S/C14H17N3/c1-3-4-5-9-12(15)14-11-8-6-7-10-13(11)17(2)16-14/h1,6-8,10,12H,4-5,9,15H2,2H3. The molecule has 3 nitrogen and oxygen atoms in total. The minimum atomic E-state index is -0.0329. The maximum atomic E-state index is 6.17. The van der Waals surface area contributed by atoms with Crippen molar-refractivity contribution in [2.75, 3.05) is 0 Å². The normalized spacial score (nSPS) is 12.5. The molecular formula is C14H17N3. The maximum Gasteiger partial charge on any atom is 0.0870 e. The monoisotopic (exact) mass is 227 g/mol. The van der Waals surface area contributed by atoms with Crippen LogP contribution in [0.5, 0.6) is 0 Å². The summed E-state index contributed by atoms with van der Waals surface area (Å²) in [5.41, 5.74) is 8.26. The molecule has 2 rings (SSSR count). The number of aryl methyl sites for hydroxylation is 1. The lowest BCUT2D eigenvalue weighted by molar-refractivity contribution is 0.595.